The Hall–Kier alpha value is -1.29. The summed E-state index contributed by atoms with van der Waals surface area (Å²) in [7, 11) is 0. The third-order valence-electron chi connectivity index (χ3n) is 2.55. The molecule has 0 saturated carbocycles. The van der Waals surface area contributed by atoms with Crippen LogP contribution in [-0.2, 0) is 11.2 Å². The Morgan fingerprint density at radius 2 is 2.38 bits per heavy atom. The summed E-state index contributed by atoms with van der Waals surface area (Å²) in [6.07, 6.45) is 3.35. The summed E-state index contributed by atoms with van der Waals surface area (Å²) in [5.41, 5.74) is 0. The summed E-state index contributed by atoms with van der Waals surface area (Å²) in [4.78, 5) is 12.7. The van der Waals surface area contributed by atoms with Gasteiger partial charge in [-0.25, -0.2) is 0 Å². The topological polar surface area (TPSA) is 53.7 Å². The molecule has 0 aliphatic carbocycles. The Balaban J connectivity index is 2.52. The first-order valence-electron chi connectivity index (χ1n) is 5.61. The van der Waals surface area contributed by atoms with E-state index in [1.54, 1.807) is 6.26 Å². The standard InChI is InChI=1S/C12H19NO3/c1-3-6-13(9-12(14)15)10(2)8-11-5-4-7-16-11/h4-5,7,10H,3,6,8-9H2,1-2H3,(H,14,15). The lowest BCUT2D eigenvalue weighted by molar-refractivity contribution is -0.138. The maximum absolute atomic E-state index is 10.7. The molecule has 0 spiro atoms. The lowest BCUT2D eigenvalue weighted by Gasteiger charge is -2.26. The van der Waals surface area contributed by atoms with Gasteiger partial charge in [0.1, 0.15) is 5.76 Å². The fourth-order valence-electron chi connectivity index (χ4n) is 1.77. The summed E-state index contributed by atoms with van der Waals surface area (Å²) < 4.78 is 5.26. The zero-order chi connectivity index (χ0) is 12.0. The van der Waals surface area contributed by atoms with Crippen molar-refractivity contribution in [1.29, 1.82) is 0 Å². The molecule has 0 bridgehead atoms. The Labute approximate surface area is 95.9 Å². The Morgan fingerprint density at radius 1 is 1.62 bits per heavy atom. The van der Waals surface area contributed by atoms with Crippen LogP contribution in [-0.4, -0.2) is 35.1 Å². The third kappa shape index (κ3) is 4.06. The molecule has 1 aromatic rings. The molecule has 90 valence electrons. The molecule has 0 aromatic carbocycles. The highest BCUT2D eigenvalue weighted by Crippen LogP contribution is 2.09. The fraction of sp³-hybridized carbons (Fsp3) is 0.583. The molecule has 16 heavy (non-hydrogen) atoms. The molecule has 0 fully saturated rings. The van der Waals surface area contributed by atoms with Crippen LogP contribution in [0.4, 0.5) is 0 Å². The molecular formula is C12H19NO3. The zero-order valence-corrected chi connectivity index (χ0v) is 9.85. The second kappa shape index (κ2) is 6.33. The van der Waals surface area contributed by atoms with Crippen LogP contribution in [0.5, 0.6) is 0 Å². The van der Waals surface area contributed by atoms with Crippen LogP contribution in [0.1, 0.15) is 26.0 Å². The van der Waals surface area contributed by atoms with E-state index in [-0.39, 0.29) is 12.6 Å². The molecule has 1 unspecified atom stereocenters. The molecule has 0 aliphatic rings. The van der Waals surface area contributed by atoms with Gasteiger partial charge in [0, 0.05) is 12.5 Å². The van der Waals surface area contributed by atoms with Crippen molar-refractivity contribution >= 4 is 5.97 Å². The first-order chi connectivity index (χ1) is 7.63. The number of carbonyl (C=O) groups is 1. The predicted molar refractivity (Wildman–Crippen MR) is 61.4 cm³/mol. The van der Waals surface area contributed by atoms with Crippen LogP contribution in [0.3, 0.4) is 0 Å². The first kappa shape index (κ1) is 12.8. The fourth-order valence-corrected chi connectivity index (χ4v) is 1.77. The molecule has 4 heteroatoms. The van der Waals surface area contributed by atoms with Crippen LogP contribution in [0, 0.1) is 0 Å². The van der Waals surface area contributed by atoms with Crippen molar-refractivity contribution in [2.24, 2.45) is 0 Å². The number of rotatable bonds is 7. The summed E-state index contributed by atoms with van der Waals surface area (Å²) in [5.74, 6) is 0.124. The highest BCUT2D eigenvalue weighted by molar-refractivity contribution is 5.69. The molecule has 0 saturated heterocycles. The number of nitrogens with zero attached hydrogens (tertiary/aromatic N) is 1. The summed E-state index contributed by atoms with van der Waals surface area (Å²) in [6, 6.07) is 3.95. The van der Waals surface area contributed by atoms with Gasteiger partial charge in [-0.1, -0.05) is 6.92 Å². The Morgan fingerprint density at radius 3 is 2.88 bits per heavy atom. The van der Waals surface area contributed by atoms with E-state index in [9.17, 15) is 4.79 Å². The van der Waals surface area contributed by atoms with E-state index in [4.69, 9.17) is 9.52 Å². The smallest absolute Gasteiger partial charge is 0.317 e. The van der Waals surface area contributed by atoms with Crippen LogP contribution in [0.25, 0.3) is 0 Å². The lowest BCUT2D eigenvalue weighted by Crippen LogP contribution is -2.39. The zero-order valence-electron chi connectivity index (χ0n) is 9.85. The average Bonchev–Trinajstić information content (AvgIpc) is 2.69. The molecular weight excluding hydrogens is 206 g/mol. The van der Waals surface area contributed by atoms with E-state index in [0.717, 1.165) is 25.1 Å². The molecule has 1 aromatic heterocycles. The quantitative estimate of drug-likeness (QED) is 0.771. The van der Waals surface area contributed by atoms with Gasteiger partial charge < -0.3 is 9.52 Å². The number of hydrogen-bond donors (Lipinski definition) is 1. The van der Waals surface area contributed by atoms with Gasteiger partial charge in [0.2, 0.25) is 0 Å². The molecule has 1 heterocycles. The second-order valence-electron chi connectivity index (χ2n) is 4.00. The maximum Gasteiger partial charge on any atom is 0.317 e. The minimum absolute atomic E-state index is 0.0930. The van der Waals surface area contributed by atoms with Gasteiger partial charge in [0.05, 0.1) is 12.8 Å². The van der Waals surface area contributed by atoms with E-state index >= 15 is 0 Å². The summed E-state index contributed by atoms with van der Waals surface area (Å²) >= 11 is 0. The van der Waals surface area contributed by atoms with Gasteiger partial charge in [0.15, 0.2) is 0 Å². The second-order valence-corrected chi connectivity index (χ2v) is 4.00. The Kier molecular flexibility index (Phi) is 5.05. The first-order valence-corrected chi connectivity index (χ1v) is 5.61. The van der Waals surface area contributed by atoms with Gasteiger partial charge in [0.25, 0.3) is 0 Å². The molecule has 0 aliphatic heterocycles. The number of hydrogen-bond acceptors (Lipinski definition) is 3. The van der Waals surface area contributed by atoms with E-state index in [0.29, 0.717) is 0 Å². The summed E-state index contributed by atoms with van der Waals surface area (Å²) in [6.45, 7) is 4.97. The van der Waals surface area contributed by atoms with Crippen LogP contribution in [0.2, 0.25) is 0 Å². The summed E-state index contributed by atoms with van der Waals surface area (Å²) in [5, 5.41) is 8.82. The molecule has 1 N–H and O–H groups in total. The number of carboxylic acids is 1. The molecule has 4 nitrogen and oxygen atoms in total. The van der Waals surface area contributed by atoms with Gasteiger partial charge >= 0.3 is 5.97 Å². The van der Waals surface area contributed by atoms with Crippen molar-refractivity contribution in [2.45, 2.75) is 32.7 Å². The minimum Gasteiger partial charge on any atom is -0.480 e. The molecule has 0 amide bonds. The van der Waals surface area contributed by atoms with Gasteiger partial charge in [-0.05, 0) is 32.0 Å². The third-order valence-corrected chi connectivity index (χ3v) is 2.55. The normalized spacial score (nSPS) is 12.9. The van der Waals surface area contributed by atoms with Crippen molar-refractivity contribution in [2.75, 3.05) is 13.1 Å². The van der Waals surface area contributed by atoms with E-state index < -0.39 is 5.97 Å². The Bertz CT molecular complexity index is 308. The van der Waals surface area contributed by atoms with Crippen LogP contribution in [0.15, 0.2) is 22.8 Å². The largest absolute Gasteiger partial charge is 0.480 e. The van der Waals surface area contributed by atoms with Crippen LogP contribution >= 0.6 is 0 Å². The monoisotopic (exact) mass is 225 g/mol. The number of carboxylic acid groups (broad SMARTS) is 1. The van der Waals surface area contributed by atoms with Gasteiger partial charge in [-0.2, -0.15) is 0 Å². The van der Waals surface area contributed by atoms with E-state index in [2.05, 4.69) is 6.92 Å². The molecule has 1 atom stereocenters. The number of aliphatic carboxylic acids is 1. The molecule has 1 rings (SSSR count). The maximum atomic E-state index is 10.7. The lowest BCUT2D eigenvalue weighted by atomic mass is 10.1. The number of furan rings is 1. The average molecular weight is 225 g/mol. The van der Waals surface area contributed by atoms with Crippen molar-refractivity contribution in [3.8, 4) is 0 Å². The van der Waals surface area contributed by atoms with Gasteiger partial charge in [-0.3, -0.25) is 9.69 Å². The van der Waals surface area contributed by atoms with Crippen molar-refractivity contribution in [1.82, 2.24) is 4.90 Å². The van der Waals surface area contributed by atoms with Crippen LogP contribution < -0.4 is 0 Å². The van der Waals surface area contributed by atoms with Crippen molar-refractivity contribution in [3.63, 3.8) is 0 Å². The highest BCUT2D eigenvalue weighted by Gasteiger charge is 2.17. The SMILES string of the molecule is CCCN(CC(=O)O)C(C)Cc1ccco1. The van der Waals surface area contributed by atoms with E-state index in [1.165, 1.54) is 0 Å². The molecule has 0 radical (unpaired) electrons. The minimum atomic E-state index is -0.778. The predicted octanol–water partition coefficient (Wildman–Crippen LogP) is 2.01. The van der Waals surface area contributed by atoms with Crippen molar-refractivity contribution < 1.29 is 14.3 Å². The highest BCUT2D eigenvalue weighted by atomic mass is 16.4. The van der Waals surface area contributed by atoms with Gasteiger partial charge in [-0.15, -0.1) is 0 Å². The van der Waals surface area contributed by atoms with Crippen molar-refractivity contribution in [3.05, 3.63) is 24.2 Å². The van der Waals surface area contributed by atoms with E-state index in [1.807, 2.05) is 24.0 Å².